The fourth-order valence-electron chi connectivity index (χ4n) is 1.65. The molecule has 0 atom stereocenters. The molecule has 0 aliphatic heterocycles. The number of para-hydroxylation sites is 1. The van der Waals surface area contributed by atoms with E-state index in [9.17, 15) is 4.79 Å². The molecule has 2 aromatic carbocycles. The van der Waals surface area contributed by atoms with Crippen molar-refractivity contribution < 1.29 is 14.3 Å². The molecule has 0 radical (unpaired) electrons. The Morgan fingerprint density at radius 1 is 1.11 bits per heavy atom. The first-order chi connectivity index (χ1) is 9.11. The minimum atomic E-state index is -0.592. The van der Waals surface area contributed by atoms with Crippen molar-refractivity contribution in [3.63, 3.8) is 0 Å². The number of amides is 1. The molecule has 0 aliphatic rings. The molecule has 4 N–H and O–H groups in total. The number of anilines is 1. The molecule has 1 amide bonds. The van der Waals surface area contributed by atoms with Crippen LogP contribution in [0.15, 0.2) is 42.5 Å². The van der Waals surface area contributed by atoms with E-state index in [1.807, 2.05) is 0 Å². The van der Waals surface area contributed by atoms with Gasteiger partial charge in [0.15, 0.2) is 5.75 Å². The number of carbonyl (C=O) groups is 1. The first-order valence-corrected chi connectivity index (χ1v) is 5.62. The second-order valence-electron chi connectivity index (χ2n) is 3.87. The fourth-order valence-corrected chi connectivity index (χ4v) is 1.65. The lowest BCUT2D eigenvalue weighted by Crippen LogP contribution is -2.13. The van der Waals surface area contributed by atoms with Crippen molar-refractivity contribution in [2.75, 3.05) is 12.8 Å². The molecule has 2 aromatic rings. The van der Waals surface area contributed by atoms with E-state index in [1.165, 1.54) is 0 Å². The van der Waals surface area contributed by atoms with Crippen molar-refractivity contribution in [1.29, 1.82) is 0 Å². The van der Waals surface area contributed by atoms with Crippen molar-refractivity contribution in [2.45, 2.75) is 0 Å². The molecule has 0 bridgehead atoms. The first kappa shape index (κ1) is 12.8. The summed E-state index contributed by atoms with van der Waals surface area (Å²) < 4.78 is 10.7. The average Bonchev–Trinajstić information content (AvgIpc) is 2.41. The van der Waals surface area contributed by atoms with Crippen molar-refractivity contribution >= 4 is 11.6 Å². The first-order valence-electron chi connectivity index (χ1n) is 5.62. The van der Waals surface area contributed by atoms with Crippen LogP contribution in [0.4, 0.5) is 5.69 Å². The van der Waals surface area contributed by atoms with Gasteiger partial charge < -0.3 is 20.9 Å². The zero-order chi connectivity index (χ0) is 13.8. The van der Waals surface area contributed by atoms with Crippen LogP contribution in [0.2, 0.25) is 0 Å². The summed E-state index contributed by atoms with van der Waals surface area (Å²) in [4.78, 5) is 11.3. The highest BCUT2D eigenvalue weighted by atomic mass is 16.5. The van der Waals surface area contributed by atoms with Gasteiger partial charge in [-0.3, -0.25) is 4.79 Å². The lowest BCUT2D eigenvalue weighted by Gasteiger charge is -2.12. The summed E-state index contributed by atoms with van der Waals surface area (Å²) in [6.07, 6.45) is 0. The van der Waals surface area contributed by atoms with E-state index >= 15 is 0 Å². The normalized spacial score (nSPS) is 9.95. The minimum Gasteiger partial charge on any atom is -0.497 e. The maximum Gasteiger partial charge on any atom is 0.252 e. The lowest BCUT2D eigenvalue weighted by atomic mass is 10.1. The fraction of sp³-hybridized carbons (Fsp3) is 0.0714. The van der Waals surface area contributed by atoms with E-state index in [-0.39, 0.29) is 11.3 Å². The Morgan fingerprint density at radius 2 is 1.79 bits per heavy atom. The Balaban J connectivity index is 2.40. The molecule has 0 saturated carbocycles. The number of ether oxygens (including phenoxy) is 2. The number of rotatable bonds is 4. The number of nitrogens with two attached hydrogens (primary N) is 2. The highest BCUT2D eigenvalue weighted by Gasteiger charge is 2.13. The average molecular weight is 258 g/mol. The van der Waals surface area contributed by atoms with Gasteiger partial charge in [-0.25, -0.2) is 0 Å². The largest absolute Gasteiger partial charge is 0.497 e. The molecule has 0 aromatic heterocycles. The molecule has 0 unspecified atom stereocenters. The van der Waals surface area contributed by atoms with E-state index in [1.54, 1.807) is 49.6 Å². The second kappa shape index (κ2) is 5.30. The van der Waals surface area contributed by atoms with E-state index in [4.69, 9.17) is 20.9 Å². The summed E-state index contributed by atoms with van der Waals surface area (Å²) in [7, 11) is 1.56. The SMILES string of the molecule is COc1cccc(Oc2c(N)cccc2C(N)=O)c1. The van der Waals surface area contributed by atoms with Crippen LogP contribution in [0.3, 0.4) is 0 Å². The van der Waals surface area contributed by atoms with Gasteiger partial charge in [0, 0.05) is 6.07 Å². The third-order valence-corrected chi connectivity index (χ3v) is 2.57. The number of carbonyl (C=O) groups excluding carboxylic acids is 1. The van der Waals surface area contributed by atoms with Crippen molar-refractivity contribution in [3.05, 3.63) is 48.0 Å². The number of methoxy groups -OCH3 is 1. The summed E-state index contributed by atoms with van der Waals surface area (Å²) >= 11 is 0. The monoisotopic (exact) mass is 258 g/mol. The van der Waals surface area contributed by atoms with Crippen LogP contribution >= 0.6 is 0 Å². The second-order valence-corrected chi connectivity index (χ2v) is 3.87. The summed E-state index contributed by atoms with van der Waals surface area (Å²) in [5.41, 5.74) is 11.7. The summed E-state index contributed by atoms with van der Waals surface area (Å²) in [5, 5.41) is 0. The van der Waals surface area contributed by atoms with Crippen LogP contribution in [0, 0.1) is 0 Å². The molecular weight excluding hydrogens is 244 g/mol. The topological polar surface area (TPSA) is 87.6 Å². The van der Waals surface area contributed by atoms with Gasteiger partial charge in [0.2, 0.25) is 0 Å². The molecule has 0 spiro atoms. The molecule has 2 rings (SSSR count). The van der Waals surface area contributed by atoms with Crippen LogP contribution in [0.25, 0.3) is 0 Å². The Kier molecular flexibility index (Phi) is 3.56. The van der Waals surface area contributed by atoms with Gasteiger partial charge in [0.25, 0.3) is 5.91 Å². The highest BCUT2D eigenvalue weighted by molar-refractivity contribution is 5.97. The predicted octanol–water partition coefficient (Wildman–Crippen LogP) is 2.17. The van der Waals surface area contributed by atoms with Crippen LogP contribution < -0.4 is 20.9 Å². The van der Waals surface area contributed by atoms with E-state index in [2.05, 4.69) is 0 Å². The molecule has 0 aliphatic carbocycles. The van der Waals surface area contributed by atoms with Gasteiger partial charge in [0.1, 0.15) is 11.5 Å². The van der Waals surface area contributed by atoms with Crippen LogP contribution in [-0.2, 0) is 0 Å². The minimum absolute atomic E-state index is 0.239. The molecule has 19 heavy (non-hydrogen) atoms. The molecule has 5 nitrogen and oxygen atoms in total. The number of primary amides is 1. The summed E-state index contributed by atoms with van der Waals surface area (Å²) in [6, 6.07) is 11.8. The third-order valence-electron chi connectivity index (χ3n) is 2.57. The smallest absolute Gasteiger partial charge is 0.252 e. The Morgan fingerprint density at radius 3 is 2.47 bits per heavy atom. The van der Waals surface area contributed by atoms with Crippen molar-refractivity contribution in [1.82, 2.24) is 0 Å². The Labute approximate surface area is 110 Å². The van der Waals surface area contributed by atoms with E-state index < -0.39 is 5.91 Å². The number of nitrogen functional groups attached to an aromatic ring is 1. The highest BCUT2D eigenvalue weighted by Crippen LogP contribution is 2.32. The summed E-state index contributed by atoms with van der Waals surface area (Å²) in [6.45, 7) is 0. The molecular formula is C14H14N2O3. The van der Waals surface area contributed by atoms with Gasteiger partial charge in [-0.2, -0.15) is 0 Å². The van der Waals surface area contributed by atoms with E-state index in [0.717, 1.165) is 0 Å². The number of benzene rings is 2. The number of hydrogen-bond acceptors (Lipinski definition) is 4. The maximum atomic E-state index is 11.3. The predicted molar refractivity (Wildman–Crippen MR) is 72.4 cm³/mol. The molecule has 0 saturated heterocycles. The Hall–Kier alpha value is -2.69. The van der Waals surface area contributed by atoms with E-state index in [0.29, 0.717) is 17.2 Å². The zero-order valence-corrected chi connectivity index (χ0v) is 10.4. The van der Waals surface area contributed by atoms with Gasteiger partial charge >= 0.3 is 0 Å². The lowest BCUT2D eigenvalue weighted by molar-refractivity contribution is 0.0998. The van der Waals surface area contributed by atoms with Gasteiger partial charge in [0.05, 0.1) is 18.4 Å². The van der Waals surface area contributed by atoms with Crippen LogP contribution in [0.5, 0.6) is 17.2 Å². The molecule has 98 valence electrons. The van der Waals surface area contributed by atoms with Gasteiger partial charge in [-0.1, -0.05) is 12.1 Å². The standard InChI is InChI=1S/C14H14N2O3/c1-18-9-4-2-5-10(8-9)19-13-11(14(16)17)6-3-7-12(13)15/h2-8H,15H2,1H3,(H2,16,17). The molecule has 0 fully saturated rings. The van der Waals surface area contributed by atoms with Crippen LogP contribution in [-0.4, -0.2) is 13.0 Å². The number of hydrogen-bond donors (Lipinski definition) is 2. The maximum absolute atomic E-state index is 11.3. The van der Waals surface area contributed by atoms with Crippen molar-refractivity contribution in [2.24, 2.45) is 5.73 Å². The Bertz CT molecular complexity index is 611. The summed E-state index contributed by atoms with van der Waals surface area (Å²) in [5.74, 6) is 0.820. The molecule has 0 heterocycles. The molecule has 5 heteroatoms. The zero-order valence-electron chi connectivity index (χ0n) is 10.4. The van der Waals surface area contributed by atoms with Gasteiger partial charge in [-0.15, -0.1) is 0 Å². The quantitative estimate of drug-likeness (QED) is 0.823. The van der Waals surface area contributed by atoms with Crippen LogP contribution in [0.1, 0.15) is 10.4 Å². The van der Waals surface area contributed by atoms with Crippen molar-refractivity contribution in [3.8, 4) is 17.2 Å². The third kappa shape index (κ3) is 2.77. The van der Waals surface area contributed by atoms with Gasteiger partial charge in [-0.05, 0) is 24.3 Å².